The molecule has 1 amide bonds. The molecule has 2 aromatic carbocycles. The van der Waals surface area contributed by atoms with Gasteiger partial charge in [0.25, 0.3) is 0 Å². The van der Waals surface area contributed by atoms with Crippen LogP contribution in [-0.4, -0.2) is 21.9 Å². The van der Waals surface area contributed by atoms with Gasteiger partial charge in [-0.25, -0.2) is 4.98 Å². The van der Waals surface area contributed by atoms with E-state index in [1.54, 1.807) is 6.20 Å². The van der Waals surface area contributed by atoms with Crippen molar-refractivity contribution in [2.24, 2.45) is 0 Å². The highest BCUT2D eigenvalue weighted by Gasteiger charge is 2.14. The highest BCUT2D eigenvalue weighted by molar-refractivity contribution is 5.89. The van der Waals surface area contributed by atoms with Crippen LogP contribution in [0.1, 0.15) is 26.3 Å². The van der Waals surface area contributed by atoms with Gasteiger partial charge in [-0.05, 0) is 43.7 Å². The van der Waals surface area contributed by atoms with Crippen LogP contribution in [0.3, 0.4) is 0 Å². The van der Waals surface area contributed by atoms with Crippen molar-refractivity contribution in [3.63, 3.8) is 0 Å². The first kappa shape index (κ1) is 19.4. The summed E-state index contributed by atoms with van der Waals surface area (Å²) in [5, 5.41) is 6.07. The molecule has 3 rings (SSSR count). The number of hydrogen-bond donors (Lipinski definition) is 2. The Morgan fingerprint density at radius 2 is 1.79 bits per heavy atom. The first-order chi connectivity index (χ1) is 13.5. The van der Waals surface area contributed by atoms with Gasteiger partial charge in [-0.15, -0.1) is 0 Å². The average molecular weight is 375 g/mol. The van der Waals surface area contributed by atoms with Crippen molar-refractivity contribution in [3.8, 4) is 0 Å². The minimum Gasteiger partial charge on any atom is -0.340 e. The fourth-order valence-electron chi connectivity index (χ4n) is 2.85. The van der Waals surface area contributed by atoms with Crippen LogP contribution in [0, 0.1) is 0 Å². The van der Waals surface area contributed by atoms with Crippen molar-refractivity contribution < 1.29 is 4.79 Å². The van der Waals surface area contributed by atoms with Gasteiger partial charge in [0.05, 0.1) is 0 Å². The minimum atomic E-state index is -0.102. The van der Waals surface area contributed by atoms with Gasteiger partial charge in [0.1, 0.15) is 5.82 Å². The molecule has 144 valence electrons. The molecular weight excluding hydrogens is 350 g/mol. The molecule has 6 heteroatoms. The largest absolute Gasteiger partial charge is 0.340 e. The topological polar surface area (TPSA) is 70.2 Å². The van der Waals surface area contributed by atoms with Crippen LogP contribution in [-0.2, 0) is 11.3 Å². The summed E-state index contributed by atoms with van der Waals surface area (Å²) in [5.41, 5.74) is 2.79. The summed E-state index contributed by atoms with van der Waals surface area (Å²) in [6.45, 7) is 6.48. The van der Waals surface area contributed by atoms with E-state index in [1.165, 1.54) is 12.5 Å². The molecule has 2 N–H and O–H groups in total. The number of anilines is 4. The highest BCUT2D eigenvalue weighted by atomic mass is 16.1. The molecule has 0 radical (unpaired) electrons. The second-order valence-electron chi connectivity index (χ2n) is 6.84. The van der Waals surface area contributed by atoms with E-state index >= 15 is 0 Å². The zero-order valence-corrected chi connectivity index (χ0v) is 16.4. The van der Waals surface area contributed by atoms with Crippen LogP contribution in [0.25, 0.3) is 0 Å². The molecule has 0 saturated heterocycles. The third kappa shape index (κ3) is 5.30. The molecule has 0 aliphatic heterocycles. The summed E-state index contributed by atoms with van der Waals surface area (Å²) >= 11 is 0. The number of carbonyl (C=O) groups is 1. The smallest absolute Gasteiger partial charge is 0.227 e. The Bertz CT molecular complexity index is 927. The van der Waals surface area contributed by atoms with E-state index in [1.807, 2.05) is 48.5 Å². The quantitative estimate of drug-likeness (QED) is 0.632. The van der Waals surface area contributed by atoms with Gasteiger partial charge in [0.15, 0.2) is 0 Å². The minimum absolute atomic E-state index is 0.102. The molecular formula is C22H25N5O. The predicted octanol–water partition coefficient (Wildman–Crippen LogP) is 4.59. The lowest BCUT2D eigenvalue weighted by Gasteiger charge is -2.27. The van der Waals surface area contributed by atoms with Crippen molar-refractivity contribution in [2.45, 2.75) is 33.4 Å². The van der Waals surface area contributed by atoms with Gasteiger partial charge in [-0.1, -0.05) is 36.4 Å². The molecule has 3 aromatic rings. The maximum absolute atomic E-state index is 11.3. The second kappa shape index (κ2) is 8.99. The molecule has 0 bridgehead atoms. The number of nitrogens with one attached hydrogen (secondary N) is 2. The summed E-state index contributed by atoms with van der Waals surface area (Å²) in [7, 11) is 0. The van der Waals surface area contributed by atoms with Crippen LogP contribution >= 0.6 is 0 Å². The maximum Gasteiger partial charge on any atom is 0.227 e. The van der Waals surface area contributed by atoms with Crippen LogP contribution in [0.15, 0.2) is 66.9 Å². The van der Waals surface area contributed by atoms with Gasteiger partial charge in [-0.2, -0.15) is 4.98 Å². The third-order valence-electron chi connectivity index (χ3n) is 4.17. The molecule has 0 aliphatic carbocycles. The summed E-state index contributed by atoms with van der Waals surface area (Å²) in [4.78, 5) is 22.6. The number of amides is 1. The van der Waals surface area contributed by atoms with E-state index in [0.717, 1.165) is 17.9 Å². The first-order valence-corrected chi connectivity index (χ1v) is 9.29. The zero-order valence-electron chi connectivity index (χ0n) is 16.4. The number of carbonyl (C=O) groups excluding carboxylic acids is 1. The van der Waals surface area contributed by atoms with Crippen molar-refractivity contribution in [1.29, 1.82) is 0 Å². The Kier molecular flexibility index (Phi) is 6.22. The molecule has 1 heterocycles. The van der Waals surface area contributed by atoms with E-state index in [2.05, 4.69) is 46.5 Å². The molecule has 0 saturated carbocycles. The molecule has 6 nitrogen and oxygen atoms in total. The number of rotatable bonds is 7. The Morgan fingerprint density at radius 3 is 2.50 bits per heavy atom. The Balaban J connectivity index is 1.79. The SMILES string of the molecule is CC(=O)Nc1cccc(Nc2ccnc(N(Cc3ccccc3)C(C)C)n2)c1. The van der Waals surface area contributed by atoms with Crippen LogP contribution in [0.4, 0.5) is 23.1 Å². The summed E-state index contributed by atoms with van der Waals surface area (Å²) in [6.07, 6.45) is 1.75. The Morgan fingerprint density at radius 1 is 1.04 bits per heavy atom. The summed E-state index contributed by atoms with van der Waals surface area (Å²) in [5.74, 6) is 1.26. The van der Waals surface area contributed by atoms with Crippen molar-refractivity contribution in [2.75, 3.05) is 15.5 Å². The van der Waals surface area contributed by atoms with Crippen LogP contribution in [0.5, 0.6) is 0 Å². The molecule has 1 aromatic heterocycles. The number of benzene rings is 2. The first-order valence-electron chi connectivity index (χ1n) is 9.29. The molecule has 0 spiro atoms. The van der Waals surface area contributed by atoms with Crippen molar-refractivity contribution >= 4 is 29.0 Å². The monoisotopic (exact) mass is 375 g/mol. The van der Waals surface area contributed by atoms with E-state index in [0.29, 0.717) is 11.8 Å². The second-order valence-corrected chi connectivity index (χ2v) is 6.84. The molecule has 0 unspecified atom stereocenters. The van der Waals surface area contributed by atoms with Gasteiger partial charge in [0.2, 0.25) is 11.9 Å². The number of nitrogens with zero attached hydrogens (tertiary/aromatic N) is 3. The number of aromatic nitrogens is 2. The normalized spacial score (nSPS) is 10.6. The lowest BCUT2D eigenvalue weighted by molar-refractivity contribution is -0.114. The highest BCUT2D eigenvalue weighted by Crippen LogP contribution is 2.22. The molecule has 0 aliphatic rings. The van der Waals surface area contributed by atoms with Gasteiger partial charge in [-0.3, -0.25) is 4.79 Å². The number of hydrogen-bond acceptors (Lipinski definition) is 5. The fourth-order valence-corrected chi connectivity index (χ4v) is 2.85. The van der Waals surface area contributed by atoms with E-state index < -0.39 is 0 Å². The lowest BCUT2D eigenvalue weighted by Crippen LogP contribution is -2.31. The zero-order chi connectivity index (χ0) is 19.9. The standard InChI is InChI=1S/C22H25N5O/c1-16(2)27(15-18-8-5-4-6-9-18)22-23-13-12-21(26-22)25-20-11-7-10-19(14-20)24-17(3)28/h4-14,16H,15H2,1-3H3,(H,24,28)(H,23,25,26). The third-order valence-corrected chi connectivity index (χ3v) is 4.17. The molecule has 0 atom stereocenters. The summed E-state index contributed by atoms with van der Waals surface area (Å²) < 4.78 is 0. The summed E-state index contributed by atoms with van der Waals surface area (Å²) in [6, 6.07) is 19.9. The van der Waals surface area contributed by atoms with Crippen molar-refractivity contribution in [3.05, 3.63) is 72.4 Å². The maximum atomic E-state index is 11.3. The van der Waals surface area contributed by atoms with E-state index in [9.17, 15) is 4.79 Å². The molecule has 28 heavy (non-hydrogen) atoms. The van der Waals surface area contributed by atoms with Gasteiger partial charge < -0.3 is 15.5 Å². The lowest BCUT2D eigenvalue weighted by atomic mass is 10.2. The van der Waals surface area contributed by atoms with Crippen LogP contribution < -0.4 is 15.5 Å². The van der Waals surface area contributed by atoms with Crippen LogP contribution in [0.2, 0.25) is 0 Å². The molecule has 0 fully saturated rings. The van der Waals surface area contributed by atoms with E-state index in [4.69, 9.17) is 4.98 Å². The fraction of sp³-hybridized carbons (Fsp3) is 0.227. The Hall–Kier alpha value is -3.41. The van der Waals surface area contributed by atoms with Crippen molar-refractivity contribution in [1.82, 2.24) is 9.97 Å². The van der Waals surface area contributed by atoms with Gasteiger partial charge in [0, 0.05) is 37.1 Å². The predicted molar refractivity (Wildman–Crippen MR) is 114 cm³/mol. The van der Waals surface area contributed by atoms with E-state index in [-0.39, 0.29) is 11.9 Å². The Labute approximate surface area is 165 Å². The van der Waals surface area contributed by atoms with Gasteiger partial charge >= 0.3 is 0 Å². The average Bonchev–Trinajstić information content (AvgIpc) is 2.67.